The molecule has 26 heavy (non-hydrogen) atoms. The molecule has 0 aliphatic rings. The van der Waals surface area contributed by atoms with Crippen molar-refractivity contribution in [3.63, 3.8) is 0 Å². The molecule has 0 spiro atoms. The fraction of sp³-hybridized carbons (Fsp3) is 0.211. The number of hydrazine groups is 1. The average molecular weight is 374 g/mol. The normalized spacial score (nSPS) is 10.3. The summed E-state index contributed by atoms with van der Waals surface area (Å²) < 4.78 is 0. The summed E-state index contributed by atoms with van der Waals surface area (Å²) in [4.78, 5) is 35.7. The lowest BCUT2D eigenvalue weighted by molar-refractivity contribution is -0.116. The molecule has 136 valence electrons. The van der Waals surface area contributed by atoms with E-state index in [0.29, 0.717) is 28.3 Å². The van der Waals surface area contributed by atoms with E-state index in [1.165, 1.54) is 0 Å². The van der Waals surface area contributed by atoms with Crippen LogP contribution in [0.1, 0.15) is 41.0 Å². The molecule has 2 aromatic rings. The molecule has 3 amide bonds. The van der Waals surface area contributed by atoms with E-state index in [2.05, 4.69) is 16.2 Å². The highest BCUT2D eigenvalue weighted by atomic mass is 35.5. The van der Waals surface area contributed by atoms with Crippen LogP contribution in [0.5, 0.6) is 0 Å². The first-order valence-corrected chi connectivity index (χ1v) is 8.49. The van der Waals surface area contributed by atoms with Gasteiger partial charge in [-0.05, 0) is 54.4 Å². The number of benzene rings is 2. The number of hydrogen-bond donors (Lipinski definition) is 3. The lowest BCUT2D eigenvalue weighted by atomic mass is 10.1. The number of amides is 3. The fourth-order valence-corrected chi connectivity index (χ4v) is 2.27. The van der Waals surface area contributed by atoms with Gasteiger partial charge in [0.2, 0.25) is 5.91 Å². The van der Waals surface area contributed by atoms with Crippen molar-refractivity contribution >= 4 is 35.0 Å². The summed E-state index contributed by atoms with van der Waals surface area (Å²) in [5, 5.41) is 3.28. The molecular formula is C19H20ClN3O3. The van der Waals surface area contributed by atoms with E-state index in [9.17, 15) is 14.4 Å². The third-order valence-electron chi connectivity index (χ3n) is 3.42. The summed E-state index contributed by atoms with van der Waals surface area (Å²) in [7, 11) is 0. The van der Waals surface area contributed by atoms with E-state index < -0.39 is 11.8 Å². The molecule has 0 atom stereocenters. The molecule has 0 aliphatic heterocycles. The van der Waals surface area contributed by atoms with Gasteiger partial charge < -0.3 is 5.32 Å². The van der Waals surface area contributed by atoms with Crippen LogP contribution in [0, 0.1) is 5.92 Å². The van der Waals surface area contributed by atoms with E-state index in [-0.39, 0.29) is 11.8 Å². The topological polar surface area (TPSA) is 87.3 Å². The number of rotatable bonds is 5. The van der Waals surface area contributed by atoms with Crippen LogP contribution in [0.15, 0.2) is 48.5 Å². The summed E-state index contributed by atoms with van der Waals surface area (Å²) in [5.41, 5.74) is 6.01. The van der Waals surface area contributed by atoms with Gasteiger partial charge in [-0.1, -0.05) is 25.4 Å². The zero-order chi connectivity index (χ0) is 19.1. The van der Waals surface area contributed by atoms with Gasteiger partial charge >= 0.3 is 0 Å². The van der Waals surface area contributed by atoms with E-state index >= 15 is 0 Å². The molecule has 0 radical (unpaired) electrons. The number of nitrogens with one attached hydrogen (secondary N) is 3. The molecule has 6 nitrogen and oxygen atoms in total. The Morgan fingerprint density at radius 2 is 1.31 bits per heavy atom. The van der Waals surface area contributed by atoms with Crippen LogP contribution in [0.3, 0.4) is 0 Å². The van der Waals surface area contributed by atoms with E-state index in [4.69, 9.17) is 11.6 Å². The summed E-state index contributed by atoms with van der Waals surface area (Å²) in [6, 6.07) is 12.7. The number of carbonyl (C=O) groups is 3. The van der Waals surface area contributed by atoms with E-state index in [1.54, 1.807) is 48.5 Å². The number of hydrogen-bond acceptors (Lipinski definition) is 3. The SMILES string of the molecule is CC(C)CC(=O)Nc1ccc(C(=O)NNC(=O)c2ccc(Cl)cc2)cc1. The smallest absolute Gasteiger partial charge is 0.269 e. The Morgan fingerprint density at radius 3 is 1.77 bits per heavy atom. The van der Waals surface area contributed by atoms with Gasteiger partial charge in [-0.15, -0.1) is 0 Å². The molecule has 0 saturated carbocycles. The summed E-state index contributed by atoms with van der Waals surface area (Å²) in [6.45, 7) is 3.93. The van der Waals surface area contributed by atoms with Crippen LogP contribution in [-0.2, 0) is 4.79 Å². The Morgan fingerprint density at radius 1 is 0.846 bits per heavy atom. The number of carbonyl (C=O) groups excluding carboxylic acids is 3. The first-order chi connectivity index (χ1) is 12.3. The van der Waals surface area contributed by atoms with Gasteiger partial charge in [-0.25, -0.2) is 0 Å². The largest absolute Gasteiger partial charge is 0.326 e. The minimum absolute atomic E-state index is 0.0765. The Labute approximate surface area is 156 Å². The second-order valence-electron chi connectivity index (χ2n) is 6.14. The fourth-order valence-electron chi connectivity index (χ4n) is 2.15. The molecular weight excluding hydrogens is 354 g/mol. The maximum Gasteiger partial charge on any atom is 0.269 e. The summed E-state index contributed by atoms with van der Waals surface area (Å²) >= 11 is 5.77. The third-order valence-corrected chi connectivity index (χ3v) is 3.67. The highest BCUT2D eigenvalue weighted by molar-refractivity contribution is 6.30. The average Bonchev–Trinajstić information content (AvgIpc) is 2.60. The van der Waals surface area contributed by atoms with Crippen LogP contribution in [0.4, 0.5) is 5.69 Å². The van der Waals surface area contributed by atoms with Gasteiger partial charge in [-0.3, -0.25) is 25.2 Å². The van der Waals surface area contributed by atoms with Crippen LogP contribution in [-0.4, -0.2) is 17.7 Å². The first kappa shape index (κ1) is 19.5. The van der Waals surface area contributed by atoms with Crippen molar-refractivity contribution in [2.75, 3.05) is 5.32 Å². The van der Waals surface area contributed by atoms with Crippen molar-refractivity contribution in [3.05, 3.63) is 64.7 Å². The molecule has 0 fully saturated rings. The summed E-state index contributed by atoms with van der Waals surface area (Å²) in [6.07, 6.45) is 0.430. The Hall–Kier alpha value is -2.86. The number of anilines is 1. The third kappa shape index (κ3) is 5.89. The lowest BCUT2D eigenvalue weighted by Crippen LogP contribution is -2.41. The zero-order valence-corrected chi connectivity index (χ0v) is 15.3. The minimum Gasteiger partial charge on any atom is -0.326 e. The van der Waals surface area contributed by atoms with Gasteiger partial charge in [-0.2, -0.15) is 0 Å². The van der Waals surface area contributed by atoms with Gasteiger partial charge in [0, 0.05) is 28.3 Å². The van der Waals surface area contributed by atoms with Crippen molar-refractivity contribution in [2.45, 2.75) is 20.3 Å². The number of halogens is 1. The van der Waals surface area contributed by atoms with Crippen LogP contribution in [0.2, 0.25) is 5.02 Å². The second-order valence-corrected chi connectivity index (χ2v) is 6.58. The molecule has 0 aliphatic carbocycles. The molecule has 0 unspecified atom stereocenters. The molecule has 2 rings (SSSR count). The van der Waals surface area contributed by atoms with Crippen LogP contribution in [0.25, 0.3) is 0 Å². The highest BCUT2D eigenvalue weighted by Gasteiger charge is 2.10. The molecule has 7 heteroatoms. The predicted octanol–water partition coefficient (Wildman–Crippen LogP) is 3.40. The molecule has 0 bridgehead atoms. The summed E-state index contributed by atoms with van der Waals surface area (Å²) in [5.74, 6) is -0.725. The molecule has 2 aromatic carbocycles. The predicted molar refractivity (Wildman–Crippen MR) is 101 cm³/mol. The van der Waals surface area contributed by atoms with Crippen molar-refractivity contribution in [3.8, 4) is 0 Å². The molecule has 0 heterocycles. The van der Waals surface area contributed by atoms with Gasteiger partial charge in [0.15, 0.2) is 0 Å². The van der Waals surface area contributed by atoms with E-state index in [0.717, 1.165) is 0 Å². The standard InChI is InChI=1S/C19H20ClN3O3/c1-12(2)11-17(24)21-16-9-5-14(6-10-16)19(26)23-22-18(25)13-3-7-15(20)8-4-13/h3-10,12H,11H2,1-2H3,(H,21,24)(H,22,25)(H,23,26). The van der Waals surface area contributed by atoms with Crippen LogP contribution < -0.4 is 16.2 Å². The van der Waals surface area contributed by atoms with Gasteiger partial charge in [0.1, 0.15) is 0 Å². The maximum absolute atomic E-state index is 12.1. The minimum atomic E-state index is -0.465. The quantitative estimate of drug-likeness (QED) is 0.702. The zero-order valence-electron chi connectivity index (χ0n) is 14.5. The van der Waals surface area contributed by atoms with Crippen molar-refractivity contribution in [1.29, 1.82) is 0 Å². The Bertz CT molecular complexity index is 787. The van der Waals surface area contributed by atoms with Crippen molar-refractivity contribution in [2.24, 2.45) is 5.92 Å². The Balaban J connectivity index is 1.88. The highest BCUT2D eigenvalue weighted by Crippen LogP contribution is 2.12. The van der Waals surface area contributed by atoms with Gasteiger partial charge in [0.05, 0.1) is 0 Å². The van der Waals surface area contributed by atoms with Crippen molar-refractivity contribution < 1.29 is 14.4 Å². The first-order valence-electron chi connectivity index (χ1n) is 8.11. The Kier molecular flexibility index (Phi) is 6.74. The van der Waals surface area contributed by atoms with Gasteiger partial charge in [0.25, 0.3) is 11.8 Å². The maximum atomic E-state index is 12.1. The molecule has 3 N–H and O–H groups in total. The lowest BCUT2D eigenvalue weighted by Gasteiger charge is -2.09. The molecule has 0 aromatic heterocycles. The van der Waals surface area contributed by atoms with Crippen LogP contribution >= 0.6 is 11.6 Å². The second kappa shape index (κ2) is 9.01. The van der Waals surface area contributed by atoms with Crippen molar-refractivity contribution in [1.82, 2.24) is 10.9 Å². The van der Waals surface area contributed by atoms with E-state index in [1.807, 2.05) is 13.8 Å². The monoisotopic (exact) mass is 373 g/mol. The molecule has 0 saturated heterocycles.